The molecule has 6 nitrogen and oxygen atoms in total. The third-order valence-corrected chi connectivity index (χ3v) is 4.13. The highest BCUT2D eigenvalue weighted by atomic mass is 16.5. The van der Waals surface area contributed by atoms with Crippen molar-refractivity contribution in [3.05, 3.63) is 47.7 Å². The van der Waals surface area contributed by atoms with Crippen LogP contribution in [0.25, 0.3) is 0 Å². The summed E-state index contributed by atoms with van der Waals surface area (Å²) in [6, 6.07) is 10.6. The number of rotatable bonds is 6. The van der Waals surface area contributed by atoms with Crippen molar-refractivity contribution in [2.24, 2.45) is 0 Å². The van der Waals surface area contributed by atoms with E-state index in [-0.39, 0.29) is 6.04 Å². The topological polar surface area (TPSA) is 54.6 Å². The van der Waals surface area contributed by atoms with Crippen LogP contribution in [0.3, 0.4) is 0 Å². The predicted molar refractivity (Wildman–Crippen MR) is 86.9 cm³/mol. The van der Waals surface area contributed by atoms with E-state index in [9.17, 15) is 0 Å². The molecule has 1 aliphatic rings. The first kappa shape index (κ1) is 16.1. The summed E-state index contributed by atoms with van der Waals surface area (Å²) in [5.41, 5.74) is 1.33. The molecule has 0 unspecified atom stereocenters. The molecule has 0 amide bonds. The van der Waals surface area contributed by atoms with Crippen molar-refractivity contribution < 1.29 is 9.15 Å². The molecule has 23 heavy (non-hydrogen) atoms. The number of nitrogens with zero attached hydrogens (tertiary/aromatic N) is 4. The van der Waals surface area contributed by atoms with Crippen molar-refractivity contribution >= 4 is 0 Å². The second-order valence-electron chi connectivity index (χ2n) is 6.01. The Morgan fingerprint density at radius 3 is 2.83 bits per heavy atom. The van der Waals surface area contributed by atoms with Gasteiger partial charge in [0.15, 0.2) is 0 Å². The molecule has 0 aliphatic carbocycles. The van der Waals surface area contributed by atoms with Gasteiger partial charge < -0.3 is 14.1 Å². The number of likely N-dealkylation sites (N-methyl/N-ethyl adjacent to an activating group) is 1. The Labute approximate surface area is 137 Å². The van der Waals surface area contributed by atoms with E-state index in [1.807, 2.05) is 13.0 Å². The molecule has 0 saturated carbocycles. The van der Waals surface area contributed by atoms with Crippen LogP contribution in [0.5, 0.6) is 0 Å². The van der Waals surface area contributed by atoms with Gasteiger partial charge in [-0.05, 0) is 12.6 Å². The van der Waals surface area contributed by atoms with Gasteiger partial charge in [0, 0.05) is 33.1 Å². The summed E-state index contributed by atoms with van der Waals surface area (Å²) in [6.45, 7) is 6.98. The number of ether oxygens (including phenoxy) is 1. The van der Waals surface area contributed by atoms with E-state index in [4.69, 9.17) is 9.15 Å². The molecular weight excluding hydrogens is 292 g/mol. The Morgan fingerprint density at radius 1 is 1.26 bits per heavy atom. The van der Waals surface area contributed by atoms with Gasteiger partial charge in [-0.15, -0.1) is 10.2 Å². The van der Waals surface area contributed by atoms with Gasteiger partial charge in [0.1, 0.15) is 6.04 Å². The van der Waals surface area contributed by atoms with Crippen LogP contribution in [0.4, 0.5) is 0 Å². The second-order valence-corrected chi connectivity index (χ2v) is 6.01. The normalized spacial score (nSPS) is 19.3. The second kappa shape index (κ2) is 7.68. The van der Waals surface area contributed by atoms with Crippen LogP contribution in [0, 0.1) is 6.92 Å². The lowest BCUT2D eigenvalue weighted by atomic mass is 10.2. The third-order valence-electron chi connectivity index (χ3n) is 4.13. The van der Waals surface area contributed by atoms with Gasteiger partial charge in [0.2, 0.25) is 11.8 Å². The first-order chi connectivity index (χ1) is 11.2. The molecule has 1 fully saturated rings. The Hall–Kier alpha value is -1.76. The van der Waals surface area contributed by atoms with Gasteiger partial charge >= 0.3 is 0 Å². The van der Waals surface area contributed by atoms with E-state index in [1.165, 1.54) is 5.56 Å². The summed E-state index contributed by atoms with van der Waals surface area (Å²) in [5.74, 6) is 1.26. The maximum absolute atomic E-state index is 5.60. The van der Waals surface area contributed by atoms with E-state index in [2.05, 4.69) is 51.3 Å². The molecule has 2 heterocycles. The van der Waals surface area contributed by atoms with Gasteiger partial charge in [0.25, 0.3) is 0 Å². The van der Waals surface area contributed by atoms with Crippen LogP contribution in [0.1, 0.15) is 23.4 Å². The number of hydrogen-bond acceptors (Lipinski definition) is 6. The molecular formula is C17H24N4O2. The summed E-state index contributed by atoms with van der Waals surface area (Å²) in [7, 11) is 2.15. The maximum atomic E-state index is 5.60. The highest BCUT2D eigenvalue weighted by Crippen LogP contribution is 2.22. The van der Waals surface area contributed by atoms with Crippen LogP contribution in [-0.4, -0.2) is 59.9 Å². The van der Waals surface area contributed by atoms with E-state index in [0.29, 0.717) is 18.4 Å². The molecule has 1 aliphatic heterocycles. The molecule has 124 valence electrons. The van der Waals surface area contributed by atoms with Gasteiger partial charge in [0.05, 0.1) is 13.2 Å². The van der Waals surface area contributed by atoms with Crippen LogP contribution in [0.2, 0.25) is 0 Å². The largest absolute Gasteiger partial charge is 0.424 e. The lowest BCUT2D eigenvalue weighted by molar-refractivity contribution is -0.0211. The number of aromatic nitrogens is 2. The van der Waals surface area contributed by atoms with Gasteiger partial charge in [-0.2, -0.15) is 0 Å². The zero-order chi connectivity index (χ0) is 16.1. The molecule has 0 radical (unpaired) electrons. The summed E-state index contributed by atoms with van der Waals surface area (Å²) in [4.78, 5) is 4.71. The molecule has 1 saturated heterocycles. The van der Waals surface area contributed by atoms with Crippen molar-refractivity contribution in [3.8, 4) is 0 Å². The first-order valence-electron chi connectivity index (χ1n) is 8.06. The van der Waals surface area contributed by atoms with Gasteiger partial charge in [-0.25, -0.2) is 0 Å². The van der Waals surface area contributed by atoms with E-state index < -0.39 is 0 Å². The fourth-order valence-corrected chi connectivity index (χ4v) is 2.85. The van der Waals surface area contributed by atoms with Crippen LogP contribution >= 0.6 is 0 Å². The van der Waals surface area contributed by atoms with Crippen molar-refractivity contribution in [1.82, 2.24) is 20.0 Å². The van der Waals surface area contributed by atoms with Crippen LogP contribution < -0.4 is 0 Å². The monoisotopic (exact) mass is 316 g/mol. The molecule has 0 N–H and O–H groups in total. The highest BCUT2D eigenvalue weighted by Gasteiger charge is 2.28. The molecule has 0 spiro atoms. The van der Waals surface area contributed by atoms with Crippen molar-refractivity contribution in [2.75, 3.05) is 39.9 Å². The predicted octanol–water partition coefficient (Wildman–Crippen LogP) is 1.88. The highest BCUT2D eigenvalue weighted by molar-refractivity contribution is 5.14. The quantitative estimate of drug-likeness (QED) is 0.811. The summed E-state index contributed by atoms with van der Waals surface area (Å²) in [6.07, 6.45) is 0. The Morgan fingerprint density at radius 2 is 2.09 bits per heavy atom. The van der Waals surface area contributed by atoms with Crippen molar-refractivity contribution in [3.63, 3.8) is 0 Å². The van der Waals surface area contributed by atoms with Crippen LogP contribution in [-0.2, 0) is 11.3 Å². The standard InChI is InChI=1S/C17H24N4O2/c1-14-18-19-17(23-14)16-13-22-11-10-21(16)9-8-20(2)12-15-6-4-3-5-7-15/h3-7,16H,8-13H2,1-2H3/t16-/m1/s1. The van der Waals surface area contributed by atoms with Crippen LogP contribution in [0.15, 0.2) is 34.7 Å². The molecule has 1 aromatic carbocycles. The first-order valence-corrected chi connectivity index (χ1v) is 8.06. The smallest absolute Gasteiger partial charge is 0.235 e. The minimum absolute atomic E-state index is 0.0649. The fourth-order valence-electron chi connectivity index (χ4n) is 2.85. The molecule has 3 rings (SSSR count). The molecule has 2 aromatic rings. The molecule has 0 bridgehead atoms. The average Bonchev–Trinajstić information content (AvgIpc) is 3.00. The van der Waals surface area contributed by atoms with Gasteiger partial charge in [-0.1, -0.05) is 30.3 Å². The van der Waals surface area contributed by atoms with Gasteiger partial charge in [-0.3, -0.25) is 4.90 Å². The Kier molecular flexibility index (Phi) is 5.38. The molecule has 6 heteroatoms. The maximum Gasteiger partial charge on any atom is 0.235 e. The van der Waals surface area contributed by atoms with E-state index >= 15 is 0 Å². The summed E-state index contributed by atoms with van der Waals surface area (Å²) in [5, 5.41) is 8.10. The SMILES string of the molecule is Cc1nnc([C@H]2COCCN2CCN(C)Cc2ccccc2)o1. The number of morpholine rings is 1. The lowest BCUT2D eigenvalue weighted by Gasteiger charge is -2.34. The molecule has 1 atom stereocenters. The Balaban J connectivity index is 1.55. The lowest BCUT2D eigenvalue weighted by Crippen LogP contribution is -2.43. The molecule has 1 aromatic heterocycles. The minimum Gasteiger partial charge on any atom is -0.424 e. The average molecular weight is 316 g/mol. The van der Waals surface area contributed by atoms with Crippen molar-refractivity contribution in [2.45, 2.75) is 19.5 Å². The zero-order valence-corrected chi connectivity index (χ0v) is 13.8. The number of aryl methyl sites for hydroxylation is 1. The fraction of sp³-hybridized carbons (Fsp3) is 0.529. The van der Waals surface area contributed by atoms with E-state index in [0.717, 1.165) is 32.8 Å². The zero-order valence-electron chi connectivity index (χ0n) is 13.8. The number of benzene rings is 1. The van der Waals surface area contributed by atoms with Crippen molar-refractivity contribution in [1.29, 1.82) is 0 Å². The summed E-state index contributed by atoms with van der Waals surface area (Å²) < 4.78 is 11.2. The summed E-state index contributed by atoms with van der Waals surface area (Å²) >= 11 is 0. The third kappa shape index (κ3) is 4.37. The van der Waals surface area contributed by atoms with E-state index in [1.54, 1.807) is 0 Å². The number of hydrogen-bond donors (Lipinski definition) is 0. The minimum atomic E-state index is 0.0649. The Bertz CT molecular complexity index is 602.